The van der Waals surface area contributed by atoms with E-state index in [0.717, 1.165) is 61.0 Å². The third-order valence-corrected chi connectivity index (χ3v) is 6.55. The Morgan fingerprint density at radius 3 is 2.50 bits per heavy atom. The standard InChI is InChI=1S/C23H27N2O2P/c1-16-5-7-18(8-6-16)21(26)15-24-11-9-17(10-12-24)13-25-14-20-19(23(25)27)3-2-4-22(20)28/h2-8,17H,9-15,28H2,1H3. The van der Waals surface area contributed by atoms with Crippen LogP contribution in [0.2, 0.25) is 0 Å². The SMILES string of the molecule is Cc1ccc(C(=O)CN2CCC(CN3Cc4c(P)cccc4C3=O)CC2)cc1. The number of nitrogens with zero attached hydrogens (tertiary/aromatic N) is 2. The summed E-state index contributed by atoms with van der Waals surface area (Å²) in [6.45, 7) is 5.90. The van der Waals surface area contributed by atoms with Crippen LogP contribution in [0.5, 0.6) is 0 Å². The first kappa shape index (κ1) is 19.3. The first-order valence-corrected chi connectivity index (χ1v) is 10.6. The number of piperidine rings is 1. The highest BCUT2D eigenvalue weighted by molar-refractivity contribution is 7.27. The van der Waals surface area contributed by atoms with Gasteiger partial charge in [-0.3, -0.25) is 14.5 Å². The van der Waals surface area contributed by atoms with Crippen molar-refractivity contribution in [3.05, 3.63) is 64.7 Å². The molecule has 0 aromatic heterocycles. The zero-order valence-electron chi connectivity index (χ0n) is 16.4. The first-order valence-electron chi connectivity index (χ1n) is 10.00. The Labute approximate surface area is 169 Å². The monoisotopic (exact) mass is 394 g/mol. The minimum atomic E-state index is 0.163. The number of aryl methyl sites for hydroxylation is 1. The lowest BCUT2D eigenvalue weighted by Gasteiger charge is -2.33. The van der Waals surface area contributed by atoms with Crippen molar-refractivity contribution in [3.8, 4) is 0 Å². The van der Waals surface area contributed by atoms with E-state index in [2.05, 4.69) is 14.1 Å². The second-order valence-electron chi connectivity index (χ2n) is 8.07. The largest absolute Gasteiger partial charge is 0.334 e. The van der Waals surface area contributed by atoms with E-state index in [4.69, 9.17) is 0 Å². The molecule has 2 aromatic carbocycles. The molecule has 28 heavy (non-hydrogen) atoms. The van der Waals surface area contributed by atoms with Gasteiger partial charge in [-0.2, -0.15) is 0 Å². The number of carbonyl (C=O) groups is 2. The number of likely N-dealkylation sites (tertiary alicyclic amines) is 1. The number of fused-ring (bicyclic) bond motifs is 1. The second kappa shape index (κ2) is 8.14. The average molecular weight is 394 g/mol. The van der Waals surface area contributed by atoms with Gasteiger partial charge in [-0.05, 0) is 55.7 Å². The zero-order chi connectivity index (χ0) is 19.7. The highest BCUT2D eigenvalue weighted by Crippen LogP contribution is 2.26. The zero-order valence-corrected chi connectivity index (χ0v) is 17.5. The van der Waals surface area contributed by atoms with Crippen LogP contribution in [-0.2, 0) is 6.54 Å². The number of hydrogen-bond acceptors (Lipinski definition) is 3. The van der Waals surface area contributed by atoms with E-state index >= 15 is 0 Å². The van der Waals surface area contributed by atoms with Gasteiger partial charge in [-0.15, -0.1) is 9.24 Å². The quantitative estimate of drug-likeness (QED) is 0.578. The Balaban J connectivity index is 1.28. The van der Waals surface area contributed by atoms with Crippen LogP contribution < -0.4 is 5.30 Å². The van der Waals surface area contributed by atoms with Gasteiger partial charge in [0.2, 0.25) is 0 Å². The van der Waals surface area contributed by atoms with Crippen LogP contribution in [0.4, 0.5) is 0 Å². The van der Waals surface area contributed by atoms with Crippen LogP contribution in [0.15, 0.2) is 42.5 Å². The van der Waals surface area contributed by atoms with Crippen molar-refractivity contribution in [1.82, 2.24) is 9.80 Å². The maximum absolute atomic E-state index is 12.7. The highest BCUT2D eigenvalue weighted by Gasteiger charge is 2.31. The Morgan fingerprint density at radius 2 is 1.82 bits per heavy atom. The Kier molecular flexibility index (Phi) is 5.61. The van der Waals surface area contributed by atoms with Gasteiger partial charge in [-0.1, -0.05) is 42.0 Å². The number of ketones is 1. The molecule has 4 rings (SSSR count). The van der Waals surface area contributed by atoms with E-state index in [9.17, 15) is 9.59 Å². The van der Waals surface area contributed by atoms with Crippen LogP contribution in [0, 0.1) is 12.8 Å². The number of carbonyl (C=O) groups excluding carboxylic acids is 2. The van der Waals surface area contributed by atoms with Gasteiger partial charge in [-0.25, -0.2) is 0 Å². The van der Waals surface area contributed by atoms with E-state index in [1.54, 1.807) is 0 Å². The Hall–Kier alpha value is -2.03. The van der Waals surface area contributed by atoms with E-state index < -0.39 is 0 Å². The van der Waals surface area contributed by atoms with Gasteiger partial charge in [0.25, 0.3) is 5.91 Å². The minimum absolute atomic E-state index is 0.163. The van der Waals surface area contributed by atoms with E-state index in [-0.39, 0.29) is 11.7 Å². The van der Waals surface area contributed by atoms with Gasteiger partial charge in [0.15, 0.2) is 5.78 Å². The molecule has 146 valence electrons. The fourth-order valence-electron chi connectivity index (χ4n) is 4.23. The summed E-state index contributed by atoms with van der Waals surface area (Å²) < 4.78 is 0. The van der Waals surface area contributed by atoms with Crippen molar-refractivity contribution < 1.29 is 9.59 Å². The summed E-state index contributed by atoms with van der Waals surface area (Å²) in [5, 5.41) is 1.12. The van der Waals surface area contributed by atoms with Crippen molar-refractivity contribution >= 4 is 26.2 Å². The molecule has 0 aliphatic carbocycles. The van der Waals surface area contributed by atoms with Crippen molar-refractivity contribution in [2.75, 3.05) is 26.2 Å². The molecule has 0 radical (unpaired) electrons. The predicted molar refractivity (Wildman–Crippen MR) is 115 cm³/mol. The van der Waals surface area contributed by atoms with E-state index in [1.807, 2.05) is 54.3 Å². The third-order valence-electron chi connectivity index (χ3n) is 6.01. The molecule has 1 fully saturated rings. The molecular weight excluding hydrogens is 367 g/mol. The topological polar surface area (TPSA) is 40.6 Å². The number of benzene rings is 2. The van der Waals surface area contributed by atoms with Gasteiger partial charge < -0.3 is 4.90 Å². The van der Waals surface area contributed by atoms with Gasteiger partial charge >= 0.3 is 0 Å². The predicted octanol–water partition coefficient (Wildman–Crippen LogP) is 3.05. The maximum atomic E-state index is 12.7. The van der Waals surface area contributed by atoms with Crippen molar-refractivity contribution in [3.63, 3.8) is 0 Å². The first-order chi connectivity index (χ1) is 13.5. The third kappa shape index (κ3) is 4.04. The smallest absolute Gasteiger partial charge is 0.254 e. The van der Waals surface area contributed by atoms with Crippen LogP contribution in [0.3, 0.4) is 0 Å². The van der Waals surface area contributed by atoms with Gasteiger partial charge in [0.1, 0.15) is 0 Å². The summed E-state index contributed by atoms with van der Waals surface area (Å²) in [5.74, 6) is 0.866. The summed E-state index contributed by atoms with van der Waals surface area (Å²) in [6, 6.07) is 13.7. The molecule has 2 aromatic rings. The lowest BCUT2D eigenvalue weighted by molar-refractivity contribution is 0.0707. The highest BCUT2D eigenvalue weighted by atomic mass is 31.0. The lowest BCUT2D eigenvalue weighted by atomic mass is 9.95. The number of amides is 1. The molecule has 0 saturated carbocycles. The Bertz CT molecular complexity index is 886. The second-order valence-corrected chi connectivity index (χ2v) is 8.69. The molecular formula is C23H27N2O2P. The molecule has 0 N–H and O–H groups in total. The minimum Gasteiger partial charge on any atom is -0.334 e. The summed E-state index contributed by atoms with van der Waals surface area (Å²) in [5.41, 5.74) is 3.97. The van der Waals surface area contributed by atoms with Crippen LogP contribution in [-0.4, -0.2) is 47.7 Å². The number of rotatable bonds is 5. The van der Waals surface area contributed by atoms with Crippen LogP contribution >= 0.6 is 9.24 Å². The Morgan fingerprint density at radius 1 is 1.11 bits per heavy atom. The molecule has 1 unspecified atom stereocenters. The molecule has 4 nitrogen and oxygen atoms in total. The van der Waals surface area contributed by atoms with Crippen molar-refractivity contribution in [1.29, 1.82) is 0 Å². The number of hydrogen-bond donors (Lipinski definition) is 0. The molecule has 0 bridgehead atoms. The van der Waals surface area contributed by atoms with Crippen molar-refractivity contribution in [2.24, 2.45) is 5.92 Å². The fourth-order valence-corrected chi connectivity index (χ4v) is 4.59. The summed E-state index contributed by atoms with van der Waals surface area (Å²) >= 11 is 0. The molecule has 2 heterocycles. The fraction of sp³-hybridized carbons (Fsp3) is 0.391. The molecule has 2 aliphatic heterocycles. The molecule has 5 heteroatoms. The average Bonchev–Trinajstić information content (AvgIpc) is 3.01. The summed E-state index contributed by atoms with van der Waals surface area (Å²) in [6.07, 6.45) is 2.07. The molecule has 1 saturated heterocycles. The summed E-state index contributed by atoms with van der Waals surface area (Å²) in [4.78, 5) is 29.4. The van der Waals surface area contributed by atoms with Crippen LogP contribution in [0.1, 0.15) is 44.7 Å². The molecule has 1 amide bonds. The van der Waals surface area contributed by atoms with E-state index in [1.165, 1.54) is 5.56 Å². The normalized spacial score (nSPS) is 17.8. The molecule has 2 aliphatic rings. The summed E-state index contributed by atoms with van der Waals surface area (Å²) in [7, 11) is 2.74. The lowest BCUT2D eigenvalue weighted by Crippen LogP contribution is -2.41. The van der Waals surface area contributed by atoms with Crippen LogP contribution in [0.25, 0.3) is 0 Å². The van der Waals surface area contributed by atoms with Crippen molar-refractivity contribution in [2.45, 2.75) is 26.3 Å². The molecule has 0 spiro atoms. The molecule has 1 atom stereocenters. The van der Waals surface area contributed by atoms with E-state index in [0.29, 0.717) is 12.5 Å². The van der Waals surface area contributed by atoms with Gasteiger partial charge in [0.05, 0.1) is 6.54 Å². The van der Waals surface area contributed by atoms with Gasteiger partial charge in [0, 0.05) is 24.2 Å². The maximum Gasteiger partial charge on any atom is 0.254 e. The number of Topliss-reactive ketones (excluding diaryl/α,β-unsaturated/α-hetero) is 1.